The summed E-state index contributed by atoms with van der Waals surface area (Å²) in [6, 6.07) is 0. The van der Waals surface area contributed by atoms with Crippen LogP contribution in [0.5, 0.6) is 0 Å². The minimum atomic E-state index is 0.00597. The van der Waals surface area contributed by atoms with E-state index in [2.05, 4.69) is 5.32 Å². The van der Waals surface area contributed by atoms with Crippen molar-refractivity contribution >= 4 is 11.8 Å². The molecular formula is C11H18N2O2. The monoisotopic (exact) mass is 210 g/mol. The summed E-state index contributed by atoms with van der Waals surface area (Å²) in [4.78, 5) is 24.7. The lowest BCUT2D eigenvalue weighted by Crippen LogP contribution is -2.44. The largest absolute Gasteiger partial charge is 0.355 e. The molecule has 1 aliphatic carbocycles. The van der Waals surface area contributed by atoms with Crippen molar-refractivity contribution in [2.45, 2.75) is 25.7 Å². The van der Waals surface area contributed by atoms with Gasteiger partial charge in [0.2, 0.25) is 11.8 Å². The fraction of sp³-hybridized carbons (Fsp3) is 0.818. The summed E-state index contributed by atoms with van der Waals surface area (Å²) in [6.45, 7) is 1.41. The molecule has 2 rings (SSSR count). The Hall–Kier alpha value is -1.06. The predicted molar refractivity (Wildman–Crippen MR) is 56.1 cm³/mol. The molecule has 2 aliphatic rings. The highest BCUT2D eigenvalue weighted by Gasteiger charge is 2.30. The Morgan fingerprint density at radius 2 is 2.20 bits per heavy atom. The Kier molecular flexibility index (Phi) is 2.93. The fourth-order valence-electron chi connectivity index (χ4n) is 2.03. The summed E-state index contributed by atoms with van der Waals surface area (Å²) < 4.78 is 0. The van der Waals surface area contributed by atoms with E-state index in [0.717, 1.165) is 12.5 Å². The van der Waals surface area contributed by atoms with Gasteiger partial charge in [-0.25, -0.2) is 0 Å². The van der Waals surface area contributed by atoms with E-state index in [0.29, 0.717) is 19.4 Å². The van der Waals surface area contributed by atoms with Crippen molar-refractivity contribution in [2.24, 2.45) is 11.8 Å². The topological polar surface area (TPSA) is 49.4 Å². The maximum atomic E-state index is 11.9. The number of nitrogens with one attached hydrogen (secondary N) is 1. The fourth-order valence-corrected chi connectivity index (χ4v) is 2.03. The third-order valence-corrected chi connectivity index (χ3v) is 3.22. The van der Waals surface area contributed by atoms with Crippen LogP contribution >= 0.6 is 0 Å². The second-order valence-corrected chi connectivity index (χ2v) is 4.70. The summed E-state index contributed by atoms with van der Waals surface area (Å²) in [6.07, 6.45) is 3.73. The van der Waals surface area contributed by atoms with Crippen molar-refractivity contribution in [1.29, 1.82) is 0 Å². The van der Waals surface area contributed by atoms with Crippen molar-refractivity contribution in [3.8, 4) is 0 Å². The minimum Gasteiger partial charge on any atom is -0.355 e. The van der Waals surface area contributed by atoms with Crippen molar-refractivity contribution in [3.63, 3.8) is 0 Å². The van der Waals surface area contributed by atoms with Gasteiger partial charge in [0.15, 0.2) is 0 Å². The van der Waals surface area contributed by atoms with Crippen molar-refractivity contribution < 1.29 is 9.59 Å². The van der Waals surface area contributed by atoms with Gasteiger partial charge in [0, 0.05) is 26.6 Å². The Balaban J connectivity index is 1.80. The van der Waals surface area contributed by atoms with Crippen LogP contribution in [0.1, 0.15) is 25.7 Å². The standard InChI is InChI=1S/C11H18N2O2/c1-13(7-8-2-3-8)11(15)9-4-5-10(14)12-6-9/h8-9H,2-7H2,1H3,(H,12,14). The molecule has 1 saturated heterocycles. The maximum Gasteiger partial charge on any atom is 0.227 e. The van der Waals surface area contributed by atoms with Crippen molar-refractivity contribution in [2.75, 3.05) is 20.1 Å². The molecule has 1 N–H and O–H groups in total. The highest BCUT2D eigenvalue weighted by Crippen LogP contribution is 2.29. The van der Waals surface area contributed by atoms with Crippen LogP contribution in [0.3, 0.4) is 0 Å². The van der Waals surface area contributed by atoms with Gasteiger partial charge in [-0.05, 0) is 25.2 Å². The van der Waals surface area contributed by atoms with Crippen LogP contribution in [0.15, 0.2) is 0 Å². The van der Waals surface area contributed by atoms with Gasteiger partial charge < -0.3 is 10.2 Å². The molecule has 1 heterocycles. The molecule has 84 valence electrons. The molecule has 0 radical (unpaired) electrons. The number of rotatable bonds is 3. The Bertz CT molecular complexity index is 264. The molecule has 0 aromatic heterocycles. The minimum absolute atomic E-state index is 0.00597. The molecule has 0 spiro atoms. The number of carbonyl (C=O) groups is 2. The van der Waals surface area contributed by atoms with Gasteiger partial charge in [0.1, 0.15) is 0 Å². The number of nitrogens with zero attached hydrogens (tertiary/aromatic N) is 1. The zero-order valence-electron chi connectivity index (χ0n) is 9.16. The number of piperidine rings is 1. The molecule has 4 heteroatoms. The van der Waals surface area contributed by atoms with Crippen molar-refractivity contribution in [1.82, 2.24) is 10.2 Å². The first-order valence-corrected chi connectivity index (χ1v) is 5.68. The van der Waals surface area contributed by atoms with Crippen LogP contribution in [0.4, 0.5) is 0 Å². The smallest absolute Gasteiger partial charge is 0.227 e. The molecule has 0 aromatic carbocycles. The molecule has 1 saturated carbocycles. The van der Waals surface area contributed by atoms with Crippen LogP contribution in [0.25, 0.3) is 0 Å². The van der Waals surface area contributed by atoms with Crippen LogP contribution in [-0.4, -0.2) is 36.9 Å². The van der Waals surface area contributed by atoms with Gasteiger partial charge in [-0.1, -0.05) is 0 Å². The average molecular weight is 210 g/mol. The molecule has 2 amide bonds. The van der Waals surface area contributed by atoms with Crippen LogP contribution < -0.4 is 5.32 Å². The first-order valence-electron chi connectivity index (χ1n) is 5.68. The van der Waals surface area contributed by atoms with E-state index in [1.54, 1.807) is 0 Å². The highest BCUT2D eigenvalue weighted by molar-refractivity contribution is 5.83. The van der Waals surface area contributed by atoms with E-state index in [1.807, 2.05) is 11.9 Å². The van der Waals surface area contributed by atoms with Gasteiger partial charge in [-0.2, -0.15) is 0 Å². The number of amides is 2. The van der Waals surface area contributed by atoms with Crippen LogP contribution in [-0.2, 0) is 9.59 Å². The quantitative estimate of drug-likeness (QED) is 0.732. The lowest BCUT2D eigenvalue weighted by Gasteiger charge is -2.26. The molecule has 4 nitrogen and oxygen atoms in total. The summed E-state index contributed by atoms with van der Waals surface area (Å²) in [5, 5.41) is 2.75. The van der Waals surface area contributed by atoms with Gasteiger partial charge >= 0.3 is 0 Å². The SMILES string of the molecule is CN(CC1CC1)C(=O)C1CCC(=O)NC1. The number of hydrogen-bond donors (Lipinski definition) is 1. The number of hydrogen-bond acceptors (Lipinski definition) is 2. The van der Waals surface area contributed by atoms with E-state index < -0.39 is 0 Å². The molecule has 1 atom stereocenters. The zero-order valence-corrected chi connectivity index (χ0v) is 9.16. The molecule has 0 bridgehead atoms. The van der Waals surface area contributed by atoms with E-state index in [9.17, 15) is 9.59 Å². The van der Waals surface area contributed by atoms with E-state index in [1.165, 1.54) is 12.8 Å². The molecule has 2 fully saturated rings. The molecule has 15 heavy (non-hydrogen) atoms. The first-order chi connectivity index (χ1) is 7.16. The Labute approximate surface area is 90.0 Å². The third kappa shape index (κ3) is 2.70. The van der Waals surface area contributed by atoms with Crippen molar-refractivity contribution in [3.05, 3.63) is 0 Å². The predicted octanol–water partition coefficient (Wildman–Crippen LogP) is 0.381. The Morgan fingerprint density at radius 3 is 2.73 bits per heavy atom. The maximum absolute atomic E-state index is 11.9. The lowest BCUT2D eigenvalue weighted by molar-refractivity contribution is -0.136. The first kappa shape index (κ1) is 10.5. The number of carbonyl (C=O) groups excluding carboxylic acids is 2. The second kappa shape index (κ2) is 4.21. The Morgan fingerprint density at radius 1 is 1.47 bits per heavy atom. The lowest BCUT2D eigenvalue weighted by atomic mass is 9.98. The summed E-state index contributed by atoms with van der Waals surface area (Å²) >= 11 is 0. The zero-order chi connectivity index (χ0) is 10.8. The second-order valence-electron chi connectivity index (χ2n) is 4.70. The van der Waals surface area contributed by atoms with E-state index in [4.69, 9.17) is 0 Å². The summed E-state index contributed by atoms with van der Waals surface area (Å²) in [7, 11) is 1.87. The summed E-state index contributed by atoms with van der Waals surface area (Å²) in [5.41, 5.74) is 0. The highest BCUT2D eigenvalue weighted by atomic mass is 16.2. The van der Waals surface area contributed by atoms with Crippen LogP contribution in [0.2, 0.25) is 0 Å². The van der Waals surface area contributed by atoms with E-state index >= 15 is 0 Å². The molecule has 0 aromatic rings. The normalized spacial score (nSPS) is 25.9. The molecule has 1 unspecified atom stereocenters. The summed E-state index contributed by atoms with van der Waals surface area (Å²) in [5.74, 6) is 1.01. The molecule has 1 aliphatic heterocycles. The van der Waals surface area contributed by atoms with Crippen LogP contribution in [0, 0.1) is 11.8 Å². The van der Waals surface area contributed by atoms with Gasteiger partial charge in [0.05, 0.1) is 5.92 Å². The van der Waals surface area contributed by atoms with E-state index in [-0.39, 0.29) is 17.7 Å². The third-order valence-electron chi connectivity index (χ3n) is 3.22. The van der Waals surface area contributed by atoms with Gasteiger partial charge in [-0.15, -0.1) is 0 Å². The van der Waals surface area contributed by atoms with Gasteiger partial charge in [0.25, 0.3) is 0 Å². The van der Waals surface area contributed by atoms with Gasteiger partial charge in [-0.3, -0.25) is 9.59 Å². The molecular weight excluding hydrogens is 192 g/mol. The average Bonchev–Trinajstić information content (AvgIpc) is 3.02.